The number of hydrogen-bond acceptors (Lipinski definition) is 3. The molecule has 0 radical (unpaired) electrons. The normalized spacial score (nSPS) is 18.9. The summed E-state index contributed by atoms with van der Waals surface area (Å²) in [7, 11) is -1.94. The van der Waals surface area contributed by atoms with Crippen molar-refractivity contribution in [3.05, 3.63) is 29.8 Å². The van der Waals surface area contributed by atoms with Gasteiger partial charge < -0.3 is 5.32 Å². The first-order valence-corrected chi connectivity index (χ1v) is 7.09. The molecule has 1 atom stereocenters. The largest absolute Gasteiger partial charge is 0.357 e. The van der Waals surface area contributed by atoms with E-state index in [9.17, 15) is 13.2 Å². The Bertz CT molecular complexity index is 554. The first kappa shape index (κ1) is 11.9. The molecule has 0 saturated heterocycles. The number of fused-ring (bicyclic) bond motifs is 1. The van der Waals surface area contributed by atoms with Gasteiger partial charge in [-0.3, -0.25) is 9.10 Å². The van der Waals surface area contributed by atoms with Crippen molar-refractivity contribution in [2.45, 2.75) is 12.5 Å². The fourth-order valence-electron chi connectivity index (χ4n) is 2.13. The minimum Gasteiger partial charge on any atom is -0.357 e. The molecule has 0 saturated carbocycles. The minimum absolute atomic E-state index is 0.286. The van der Waals surface area contributed by atoms with E-state index >= 15 is 0 Å². The lowest BCUT2D eigenvalue weighted by molar-refractivity contribution is -0.121. The summed E-state index contributed by atoms with van der Waals surface area (Å²) >= 11 is 0. The average Bonchev–Trinajstić information content (AvgIpc) is 2.66. The highest BCUT2D eigenvalue weighted by Crippen LogP contribution is 2.33. The van der Waals surface area contributed by atoms with Crippen LogP contribution in [0.25, 0.3) is 0 Å². The summed E-state index contributed by atoms with van der Waals surface area (Å²) in [6.07, 6.45) is 1.54. The summed E-state index contributed by atoms with van der Waals surface area (Å²) in [5.41, 5.74) is 1.48. The molecule has 1 heterocycles. The molecule has 1 amide bonds. The van der Waals surface area contributed by atoms with Crippen molar-refractivity contribution in [1.82, 2.24) is 5.32 Å². The Balaban J connectivity index is 2.52. The smallest absolute Gasteiger partial charge is 0.244 e. The molecule has 1 aromatic rings. The summed E-state index contributed by atoms with van der Waals surface area (Å²) in [4.78, 5) is 11.7. The number of carbonyl (C=O) groups is 1. The van der Waals surface area contributed by atoms with Crippen LogP contribution in [0.15, 0.2) is 24.3 Å². The van der Waals surface area contributed by atoms with Crippen molar-refractivity contribution in [2.24, 2.45) is 0 Å². The van der Waals surface area contributed by atoms with E-state index in [-0.39, 0.29) is 5.91 Å². The zero-order valence-corrected chi connectivity index (χ0v) is 10.5. The molecule has 1 aromatic carbocycles. The van der Waals surface area contributed by atoms with Gasteiger partial charge in [0.2, 0.25) is 15.9 Å². The molecule has 0 aliphatic carbocycles. The predicted molar refractivity (Wildman–Crippen MR) is 65.3 cm³/mol. The van der Waals surface area contributed by atoms with Crippen LogP contribution in [0.1, 0.15) is 5.56 Å². The maximum Gasteiger partial charge on any atom is 0.244 e. The van der Waals surface area contributed by atoms with E-state index in [0.29, 0.717) is 12.1 Å². The van der Waals surface area contributed by atoms with Crippen LogP contribution in [0.5, 0.6) is 0 Å². The molecule has 0 bridgehead atoms. The summed E-state index contributed by atoms with van der Waals surface area (Å²) < 4.78 is 24.7. The predicted octanol–water partition coefficient (Wildman–Crippen LogP) is 0.123. The molecular formula is C11H14N2O3S. The van der Waals surface area contributed by atoms with Gasteiger partial charge in [-0.25, -0.2) is 8.42 Å². The molecule has 0 fully saturated rings. The Labute approximate surface area is 100 Å². The molecule has 0 spiro atoms. The zero-order valence-electron chi connectivity index (χ0n) is 9.67. The lowest BCUT2D eigenvalue weighted by atomic mass is 10.1. The van der Waals surface area contributed by atoms with Crippen LogP contribution in [0.4, 0.5) is 5.69 Å². The SMILES string of the molecule is CNC(=O)C1Cc2ccccc2N1S(C)(=O)=O. The van der Waals surface area contributed by atoms with Crippen LogP contribution in [0, 0.1) is 0 Å². The van der Waals surface area contributed by atoms with Crippen molar-refractivity contribution in [3.8, 4) is 0 Å². The minimum atomic E-state index is -3.45. The molecule has 17 heavy (non-hydrogen) atoms. The zero-order chi connectivity index (χ0) is 12.6. The second-order valence-electron chi connectivity index (χ2n) is 4.02. The lowest BCUT2D eigenvalue weighted by Crippen LogP contribution is -2.46. The lowest BCUT2D eigenvalue weighted by Gasteiger charge is -2.23. The van der Waals surface area contributed by atoms with Gasteiger partial charge in [-0.05, 0) is 11.6 Å². The number of benzene rings is 1. The molecule has 6 heteroatoms. The van der Waals surface area contributed by atoms with Gasteiger partial charge >= 0.3 is 0 Å². The number of anilines is 1. The standard InChI is InChI=1S/C11H14N2O3S/c1-12-11(14)10-7-8-5-3-4-6-9(8)13(10)17(2,15)16/h3-6,10H,7H2,1-2H3,(H,12,14). The van der Waals surface area contributed by atoms with Gasteiger partial charge in [0.05, 0.1) is 11.9 Å². The van der Waals surface area contributed by atoms with E-state index in [1.54, 1.807) is 12.1 Å². The van der Waals surface area contributed by atoms with Crippen molar-refractivity contribution in [3.63, 3.8) is 0 Å². The van der Waals surface area contributed by atoms with Gasteiger partial charge in [0.15, 0.2) is 0 Å². The van der Waals surface area contributed by atoms with Gasteiger partial charge in [-0.2, -0.15) is 0 Å². The third-order valence-electron chi connectivity index (χ3n) is 2.83. The monoisotopic (exact) mass is 254 g/mol. The van der Waals surface area contributed by atoms with E-state index in [2.05, 4.69) is 5.32 Å². The average molecular weight is 254 g/mol. The number of nitrogens with zero attached hydrogens (tertiary/aromatic N) is 1. The maximum atomic E-state index is 11.8. The second-order valence-corrected chi connectivity index (χ2v) is 5.88. The number of nitrogens with one attached hydrogen (secondary N) is 1. The van der Waals surface area contributed by atoms with Crippen molar-refractivity contribution >= 4 is 21.6 Å². The molecule has 5 nitrogen and oxygen atoms in total. The quantitative estimate of drug-likeness (QED) is 0.815. The fraction of sp³-hybridized carbons (Fsp3) is 0.364. The first-order chi connectivity index (χ1) is 7.95. The topological polar surface area (TPSA) is 66.5 Å². The number of carbonyl (C=O) groups excluding carboxylic acids is 1. The van der Waals surface area contributed by atoms with Gasteiger partial charge in [-0.15, -0.1) is 0 Å². The number of likely N-dealkylation sites (N-methyl/N-ethyl adjacent to an activating group) is 1. The van der Waals surface area contributed by atoms with E-state index in [1.807, 2.05) is 12.1 Å². The number of amides is 1. The molecule has 1 unspecified atom stereocenters. The van der Waals surface area contributed by atoms with Crippen LogP contribution in [-0.2, 0) is 21.2 Å². The number of hydrogen-bond donors (Lipinski definition) is 1. The van der Waals surface area contributed by atoms with Crippen LogP contribution >= 0.6 is 0 Å². The highest BCUT2D eigenvalue weighted by Gasteiger charge is 2.38. The summed E-state index contributed by atoms with van der Waals surface area (Å²) in [6, 6.07) is 6.50. The van der Waals surface area contributed by atoms with Gasteiger partial charge in [0, 0.05) is 13.5 Å². The Hall–Kier alpha value is -1.56. The summed E-state index contributed by atoms with van der Waals surface area (Å²) in [6.45, 7) is 0. The number of sulfonamides is 1. The first-order valence-electron chi connectivity index (χ1n) is 5.24. The molecule has 1 aliphatic rings. The summed E-state index contributed by atoms with van der Waals surface area (Å²) in [5.74, 6) is -0.286. The second kappa shape index (κ2) is 4.03. The molecule has 1 aliphatic heterocycles. The Kier molecular flexibility index (Phi) is 2.82. The highest BCUT2D eigenvalue weighted by molar-refractivity contribution is 7.92. The van der Waals surface area contributed by atoms with Crippen LogP contribution in [0.2, 0.25) is 0 Å². The number of rotatable bonds is 2. The van der Waals surface area contributed by atoms with Gasteiger partial charge in [0.1, 0.15) is 6.04 Å². The molecule has 1 N–H and O–H groups in total. The van der Waals surface area contributed by atoms with E-state index in [1.165, 1.54) is 11.4 Å². The Morgan fingerprint density at radius 1 is 1.41 bits per heavy atom. The third-order valence-corrected chi connectivity index (χ3v) is 4.00. The molecule has 2 rings (SSSR count). The fourth-order valence-corrected chi connectivity index (χ4v) is 3.30. The van der Waals surface area contributed by atoms with Gasteiger partial charge in [-0.1, -0.05) is 18.2 Å². The van der Waals surface area contributed by atoms with E-state index in [4.69, 9.17) is 0 Å². The van der Waals surface area contributed by atoms with Gasteiger partial charge in [0.25, 0.3) is 0 Å². The van der Waals surface area contributed by atoms with Crippen molar-refractivity contribution < 1.29 is 13.2 Å². The van der Waals surface area contributed by atoms with Crippen molar-refractivity contribution in [1.29, 1.82) is 0 Å². The Morgan fingerprint density at radius 2 is 2.06 bits per heavy atom. The molecule has 0 aromatic heterocycles. The maximum absolute atomic E-state index is 11.8. The van der Waals surface area contributed by atoms with E-state index < -0.39 is 16.1 Å². The summed E-state index contributed by atoms with van der Waals surface area (Å²) in [5, 5.41) is 2.50. The Morgan fingerprint density at radius 3 is 2.65 bits per heavy atom. The van der Waals surface area contributed by atoms with Crippen molar-refractivity contribution in [2.75, 3.05) is 17.6 Å². The van der Waals surface area contributed by atoms with Crippen LogP contribution in [0.3, 0.4) is 0 Å². The third kappa shape index (κ3) is 2.00. The number of para-hydroxylation sites is 1. The molecular weight excluding hydrogens is 240 g/mol. The van der Waals surface area contributed by atoms with Crippen LogP contribution < -0.4 is 9.62 Å². The van der Waals surface area contributed by atoms with Crippen LogP contribution in [-0.4, -0.2) is 33.7 Å². The van der Waals surface area contributed by atoms with E-state index in [0.717, 1.165) is 11.8 Å². The highest BCUT2D eigenvalue weighted by atomic mass is 32.2. The molecule has 92 valence electrons.